The van der Waals surface area contributed by atoms with Crippen molar-refractivity contribution in [3.63, 3.8) is 0 Å². The van der Waals surface area contributed by atoms with Crippen LogP contribution in [0.25, 0.3) is 11.1 Å². The van der Waals surface area contributed by atoms with Gasteiger partial charge in [-0.05, 0) is 153 Å². The summed E-state index contributed by atoms with van der Waals surface area (Å²) < 4.78 is 14.4. The van der Waals surface area contributed by atoms with Crippen LogP contribution in [0.15, 0.2) is 81.7 Å². The first-order chi connectivity index (χ1) is 25.1. The topological polar surface area (TPSA) is 111 Å². The van der Waals surface area contributed by atoms with E-state index in [9.17, 15) is 9.59 Å². The highest BCUT2D eigenvalue weighted by atomic mass is 79.9. The fraction of sp³-hybridized carbons (Fsp3) is 0.381. The maximum Gasteiger partial charge on any atom is 0.234 e. The van der Waals surface area contributed by atoms with Crippen LogP contribution in [0.2, 0.25) is 0 Å². The Kier molecular flexibility index (Phi) is 12.7. The minimum atomic E-state index is -0.243. The van der Waals surface area contributed by atoms with E-state index in [4.69, 9.17) is 20.9 Å². The molecular weight excluding hydrogens is 784 g/mol. The average Bonchev–Trinajstić information content (AvgIpc) is 3.12. The van der Waals surface area contributed by atoms with Crippen LogP contribution < -0.4 is 20.9 Å². The Bertz CT molecular complexity index is 1780. The van der Waals surface area contributed by atoms with Gasteiger partial charge in [0.15, 0.2) is 0 Å². The molecule has 0 unspecified atom stereocenters. The lowest BCUT2D eigenvalue weighted by atomic mass is 9.92. The zero-order chi connectivity index (χ0) is 36.8. The molecule has 6 rings (SSSR count). The molecule has 2 aliphatic heterocycles. The van der Waals surface area contributed by atoms with E-state index in [0.717, 1.165) is 105 Å². The van der Waals surface area contributed by atoms with E-state index in [1.807, 2.05) is 12.1 Å². The Morgan fingerprint density at radius 1 is 0.654 bits per heavy atom. The van der Waals surface area contributed by atoms with Gasteiger partial charge in [0.2, 0.25) is 11.8 Å². The van der Waals surface area contributed by atoms with Gasteiger partial charge in [-0.25, -0.2) is 0 Å². The van der Waals surface area contributed by atoms with E-state index < -0.39 is 0 Å². The molecule has 2 fully saturated rings. The minimum absolute atomic E-state index is 0.203. The molecule has 4 aromatic carbocycles. The second kappa shape index (κ2) is 17.4. The summed E-state index contributed by atoms with van der Waals surface area (Å²) in [6, 6.07) is 24.6. The molecule has 0 radical (unpaired) electrons. The lowest BCUT2D eigenvalue weighted by Crippen LogP contribution is -2.47. The Balaban J connectivity index is 1.09. The summed E-state index contributed by atoms with van der Waals surface area (Å²) in [7, 11) is 0. The number of nitrogens with zero attached hydrogens (tertiary/aromatic N) is 2. The number of likely N-dealkylation sites (tertiary alicyclic amines) is 2. The van der Waals surface area contributed by atoms with E-state index >= 15 is 0 Å². The molecule has 2 aliphatic rings. The summed E-state index contributed by atoms with van der Waals surface area (Å²) in [5.74, 6) is 1.06. The molecule has 0 bridgehead atoms. The number of benzene rings is 4. The third-order valence-electron chi connectivity index (χ3n) is 10.6. The number of primary amides is 2. The third kappa shape index (κ3) is 9.08. The van der Waals surface area contributed by atoms with Crippen molar-refractivity contribution < 1.29 is 19.1 Å². The molecule has 2 heterocycles. The number of carbonyl (C=O) groups is 2. The molecule has 0 spiro atoms. The third-order valence-corrected chi connectivity index (χ3v) is 11.8. The summed E-state index contributed by atoms with van der Waals surface area (Å²) >= 11 is 7.43. The van der Waals surface area contributed by atoms with Gasteiger partial charge in [-0.15, -0.1) is 0 Å². The van der Waals surface area contributed by atoms with Crippen molar-refractivity contribution in [3.05, 3.63) is 115 Å². The first-order valence-electron chi connectivity index (χ1n) is 18.2. The molecule has 274 valence electrons. The van der Waals surface area contributed by atoms with Crippen LogP contribution in [0, 0.1) is 13.8 Å². The Morgan fingerprint density at radius 2 is 1.08 bits per heavy atom. The molecule has 0 saturated carbocycles. The molecule has 0 aromatic heterocycles. The highest BCUT2D eigenvalue weighted by Crippen LogP contribution is 2.34. The van der Waals surface area contributed by atoms with E-state index in [0.29, 0.717) is 26.3 Å². The maximum absolute atomic E-state index is 12.0. The van der Waals surface area contributed by atoms with Crippen LogP contribution >= 0.6 is 31.9 Å². The van der Waals surface area contributed by atoms with Crippen molar-refractivity contribution in [2.45, 2.75) is 90.8 Å². The molecule has 2 atom stereocenters. The first kappa shape index (κ1) is 38.0. The molecule has 52 heavy (non-hydrogen) atoms. The van der Waals surface area contributed by atoms with Gasteiger partial charge in [0.05, 0.1) is 21.0 Å². The Morgan fingerprint density at radius 3 is 1.46 bits per heavy atom. The molecule has 4 N–H and O–H groups in total. The normalized spacial score (nSPS) is 18.2. The number of nitrogens with two attached hydrogens (primary N) is 2. The van der Waals surface area contributed by atoms with Gasteiger partial charge >= 0.3 is 0 Å². The summed E-state index contributed by atoms with van der Waals surface area (Å²) in [6.45, 7) is 8.27. The fourth-order valence-electron chi connectivity index (χ4n) is 7.57. The second-order valence-corrected chi connectivity index (χ2v) is 15.8. The van der Waals surface area contributed by atoms with E-state index in [-0.39, 0.29) is 23.9 Å². The van der Waals surface area contributed by atoms with E-state index in [2.05, 4.69) is 116 Å². The van der Waals surface area contributed by atoms with Crippen molar-refractivity contribution in [3.8, 4) is 22.6 Å². The average molecular weight is 833 g/mol. The zero-order valence-corrected chi connectivity index (χ0v) is 33.2. The van der Waals surface area contributed by atoms with Crippen LogP contribution in [-0.4, -0.2) is 46.8 Å². The second-order valence-electron chi connectivity index (χ2n) is 14.1. The van der Waals surface area contributed by atoms with Crippen molar-refractivity contribution in [2.24, 2.45) is 11.5 Å². The first-order valence-corrected chi connectivity index (χ1v) is 19.7. The van der Waals surface area contributed by atoms with Crippen LogP contribution in [0.3, 0.4) is 0 Å². The lowest BCUT2D eigenvalue weighted by Gasteiger charge is -2.33. The number of piperidine rings is 2. The molecule has 8 nitrogen and oxygen atoms in total. The summed E-state index contributed by atoms with van der Waals surface area (Å²) in [5, 5.41) is 0. The van der Waals surface area contributed by atoms with Crippen LogP contribution in [-0.2, 0) is 35.9 Å². The zero-order valence-electron chi connectivity index (χ0n) is 30.0. The molecule has 0 aliphatic carbocycles. The van der Waals surface area contributed by atoms with Crippen LogP contribution in [0.1, 0.15) is 71.9 Å². The number of hydrogen-bond donors (Lipinski definition) is 2. The van der Waals surface area contributed by atoms with E-state index in [1.54, 1.807) is 0 Å². The number of carbonyl (C=O) groups excluding carboxylic acids is 2. The van der Waals surface area contributed by atoms with Gasteiger partial charge in [-0.2, -0.15) is 0 Å². The molecule has 2 amide bonds. The van der Waals surface area contributed by atoms with E-state index in [1.165, 1.54) is 11.1 Å². The van der Waals surface area contributed by atoms with Crippen molar-refractivity contribution in [1.82, 2.24) is 9.80 Å². The minimum Gasteiger partial charge on any atom is -0.488 e. The fourth-order valence-corrected chi connectivity index (χ4v) is 8.65. The molecular formula is C42H48Br2N4O4. The monoisotopic (exact) mass is 830 g/mol. The number of ether oxygens (including phenoxy) is 2. The summed E-state index contributed by atoms with van der Waals surface area (Å²) in [5.41, 5.74) is 20.5. The van der Waals surface area contributed by atoms with Crippen molar-refractivity contribution in [1.29, 1.82) is 0 Å². The number of hydrogen-bond acceptors (Lipinski definition) is 6. The SMILES string of the molecule is Cc1c(COc2ccc(CN3CCCC[C@H]3C(N)=O)cc2Br)cccc1-c1cccc(COc2ccc(CN3CCCC[C@H]3C(N)=O)cc2Br)c1C. The van der Waals surface area contributed by atoms with Crippen LogP contribution in [0.4, 0.5) is 0 Å². The Labute approximate surface area is 324 Å². The summed E-state index contributed by atoms with van der Waals surface area (Å²) in [6.07, 6.45) is 5.88. The number of rotatable bonds is 13. The smallest absolute Gasteiger partial charge is 0.234 e. The van der Waals surface area contributed by atoms with Gasteiger partial charge in [0.1, 0.15) is 24.7 Å². The van der Waals surface area contributed by atoms with Gasteiger partial charge in [-0.1, -0.05) is 61.4 Å². The largest absolute Gasteiger partial charge is 0.488 e. The number of amides is 2. The molecule has 2 saturated heterocycles. The van der Waals surface area contributed by atoms with Gasteiger partial charge < -0.3 is 20.9 Å². The maximum atomic E-state index is 12.0. The lowest BCUT2D eigenvalue weighted by molar-refractivity contribution is -0.125. The van der Waals surface area contributed by atoms with Crippen LogP contribution in [0.5, 0.6) is 11.5 Å². The molecule has 4 aromatic rings. The summed E-state index contributed by atoms with van der Waals surface area (Å²) in [4.78, 5) is 28.3. The highest BCUT2D eigenvalue weighted by molar-refractivity contribution is 9.10. The van der Waals surface area contributed by atoms with Gasteiger partial charge in [-0.3, -0.25) is 19.4 Å². The standard InChI is InChI=1S/C42H48Br2N4O4/c1-27-31(25-51-39-17-15-29(21-35(39)43)23-47-19-5-3-13-37(47)41(45)49)9-7-11-33(27)34-12-8-10-32(28(34)2)26-52-40-18-16-30(22-36(40)44)24-48-20-6-4-14-38(48)42(46)50/h7-12,15-18,21-22,37-38H,3-6,13-14,19-20,23-26H2,1-2H3,(H2,45,49)(H2,46,50)/t37-,38-/m0/s1. The van der Waals surface area contributed by atoms with Gasteiger partial charge in [0.25, 0.3) is 0 Å². The van der Waals surface area contributed by atoms with Crippen molar-refractivity contribution >= 4 is 43.7 Å². The number of halogens is 2. The van der Waals surface area contributed by atoms with Gasteiger partial charge in [0, 0.05) is 13.1 Å². The Hall–Kier alpha value is -3.70. The highest BCUT2D eigenvalue weighted by Gasteiger charge is 2.28. The predicted octanol–water partition coefficient (Wildman–Crippen LogP) is 8.33. The predicted molar refractivity (Wildman–Crippen MR) is 213 cm³/mol. The quantitative estimate of drug-likeness (QED) is 0.140. The van der Waals surface area contributed by atoms with Crippen molar-refractivity contribution in [2.75, 3.05) is 13.1 Å². The molecule has 10 heteroatoms.